The van der Waals surface area contributed by atoms with Crippen molar-refractivity contribution in [3.63, 3.8) is 0 Å². The van der Waals surface area contributed by atoms with Crippen molar-refractivity contribution in [3.8, 4) is 0 Å². The molecule has 0 bridgehead atoms. The lowest BCUT2D eigenvalue weighted by atomic mass is 9.98. The van der Waals surface area contributed by atoms with Crippen molar-refractivity contribution < 1.29 is 9.53 Å². The third-order valence-electron chi connectivity index (χ3n) is 3.56. The van der Waals surface area contributed by atoms with Crippen molar-refractivity contribution in [2.24, 2.45) is 5.92 Å². The molecule has 4 nitrogen and oxygen atoms in total. The van der Waals surface area contributed by atoms with Crippen LogP contribution in [-0.4, -0.2) is 37.7 Å². The van der Waals surface area contributed by atoms with E-state index in [2.05, 4.69) is 10.6 Å². The first kappa shape index (κ1) is 11.9. The minimum absolute atomic E-state index is 0.150. The molecule has 2 fully saturated rings. The quantitative estimate of drug-likeness (QED) is 0.743. The van der Waals surface area contributed by atoms with Crippen LogP contribution in [-0.2, 0) is 9.53 Å². The van der Waals surface area contributed by atoms with E-state index < -0.39 is 0 Å². The number of carbonyl (C=O) groups excluding carboxylic acids is 1. The standard InChI is InChI=1S/C12H22N2O2/c1-9(11-5-3-7-16-11)14-12(15)10-4-2-6-13-8-10/h9-11,13H,2-8H2,1H3,(H,14,15)/t9?,10-,11?/m1/s1. The van der Waals surface area contributed by atoms with E-state index in [0.717, 1.165) is 45.4 Å². The molecule has 2 unspecified atom stereocenters. The first-order chi connectivity index (χ1) is 7.77. The minimum Gasteiger partial charge on any atom is -0.376 e. The summed E-state index contributed by atoms with van der Waals surface area (Å²) in [4.78, 5) is 12.0. The monoisotopic (exact) mass is 226 g/mol. The zero-order valence-electron chi connectivity index (χ0n) is 10.00. The van der Waals surface area contributed by atoms with Gasteiger partial charge in [0.1, 0.15) is 0 Å². The Kier molecular flexibility index (Phi) is 4.18. The van der Waals surface area contributed by atoms with Gasteiger partial charge in [-0.05, 0) is 39.2 Å². The number of amides is 1. The van der Waals surface area contributed by atoms with Crippen molar-refractivity contribution in [1.82, 2.24) is 10.6 Å². The van der Waals surface area contributed by atoms with Gasteiger partial charge in [-0.3, -0.25) is 4.79 Å². The summed E-state index contributed by atoms with van der Waals surface area (Å²) in [6.07, 6.45) is 4.53. The average Bonchev–Trinajstić information content (AvgIpc) is 2.83. The van der Waals surface area contributed by atoms with Crippen LogP contribution < -0.4 is 10.6 Å². The maximum Gasteiger partial charge on any atom is 0.224 e. The van der Waals surface area contributed by atoms with Crippen LogP contribution in [0.2, 0.25) is 0 Å². The Bertz CT molecular complexity index is 233. The predicted octanol–water partition coefficient (Wildman–Crippen LogP) is 0.670. The highest BCUT2D eigenvalue weighted by Crippen LogP contribution is 2.16. The minimum atomic E-state index is 0.150. The predicted molar refractivity (Wildman–Crippen MR) is 62.2 cm³/mol. The normalized spacial score (nSPS) is 32.3. The lowest BCUT2D eigenvalue weighted by Crippen LogP contribution is -2.47. The smallest absolute Gasteiger partial charge is 0.224 e. The first-order valence-corrected chi connectivity index (χ1v) is 6.40. The summed E-state index contributed by atoms with van der Waals surface area (Å²) in [5.41, 5.74) is 0. The average molecular weight is 226 g/mol. The molecule has 1 amide bonds. The van der Waals surface area contributed by atoms with Gasteiger partial charge in [-0.2, -0.15) is 0 Å². The van der Waals surface area contributed by atoms with Crippen LogP contribution in [0.3, 0.4) is 0 Å². The fourth-order valence-electron chi connectivity index (χ4n) is 2.51. The molecule has 0 radical (unpaired) electrons. The molecule has 2 N–H and O–H groups in total. The third-order valence-corrected chi connectivity index (χ3v) is 3.56. The van der Waals surface area contributed by atoms with Crippen molar-refractivity contribution >= 4 is 5.91 Å². The van der Waals surface area contributed by atoms with Gasteiger partial charge in [0.15, 0.2) is 0 Å². The lowest BCUT2D eigenvalue weighted by Gasteiger charge is -2.26. The van der Waals surface area contributed by atoms with E-state index in [1.54, 1.807) is 0 Å². The Morgan fingerprint density at radius 3 is 2.94 bits per heavy atom. The Morgan fingerprint density at radius 1 is 1.44 bits per heavy atom. The van der Waals surface area contributed by atoms with Gasteiger partial charge in [-0.15, -0.1) is 0 Å². The van der Waals surface area contributed by atoms with Gasteiger partial charge in [0.05, 0.1) is 18.1 Å². The summed E-state index contributed by atoms with van der Waals surface area (Å²) in [6, 6.07) is 0.150. The van der Waals surface area contributed by atoms with E-state index in [-0.39, 0.29) is 24.0 Å². The van der Waals surface area contributed by atoms with E-state index in [1.165, 1.54) is 0 Å². The highest BCUT2D eigenvalue weighted by Gasteiger charge is 2.27. The number of nitrogens with one attached hydrogen (secondary N) is 2. The number of ether oxygens (including phenoxy) is 1. The summed E-state index contributed by atoms with van der Waals surface area (Å²) in [6.45, 7) is 4.76. The highest BCUT2D eigenvalue weighted by atomic mass is 16.5. The molecule has 92 valence electrons. The Balaban J connectivity index is 1.76. The number of piperidine rings is 1. The molecule has 0 spiro atoms. The number of carbonyl (C=O) groups is 1. The third kappa shape index (κ3) is 2.95. The van der Waals surface area contributed by atoms with E-state index in [1.807, 2.05) is 6.92 Å². The van der Waals surface area contributed by atoms with Gasteiger partial charge in [-0.25, -0.2) is 0 Å². The molecule has 4 heteroatoms. The Hall–Kier alpha value is -0.610. The molecule has 0 aromatic rings. The largest absolute Gasteiger partial charge is 0.376 e. The lowest BCUT2D eigenvalue weighted by molar-refractivity contribution is -0.127. The second-order valence-corrected chi connectivity index (χ2v) is 4.89. The Labute approximate surface area is 97.1 Å². The van der Waals surface area contributed by atoms with Crippen LogP contribution in [0.4, 0.5) is 0 Å². The van der Waals surface area contributed by atoms with Crippen molar-refractivity contribution in [1.29, 1.82) is 0 Å². The number of rotatable bonds is 3. The molecular weight excluding hydrogens is 204 g/mol. The summed E-state index contributed by atoms with van der Waals surface area (Å²) in [5.74, 6) is 0.341. The van der Waals surface area contributed by atoms with Gasteiger partial charge in [-0.1, -0.05) is 0 Å². The van der Waals surface area contributed by atoms with Gasteiger partial charge in [0.2, 0.25) is 5.91 Å². The van der Waals surface area contributed by atoms with Crippen LogP contribution in [0, 0.1) is 5.92 Å². The van der Waals surface area contributed by atoms with Gasteiger partial charge in [0, 0.05) is 13.2 Å². The van der Waals surface area contributed by atoms with Gasteiger partial charge in [0.25, 0.3) is 0 Å². The molecule has 2 heterocycles. The first-order valence-electron chi connectivity index (χ1n) is 6.40. The maximum absolute atomic E-state index is 12.0. The molecule has 2 rings (SSSR count). The molecule has 16 heavy (non-hydrogen) atoms. The van der Waals surface area contributed by atoms with Crippen LogP contribution in [0.5, 0.6) is 0 Å². The summed E-state index contributed by atoms with van der Waals surface area (Å²) < 4.78 is 5.57. The Morgan fingerprint density at radius 2 is 2.31 bits per heavy atom. The SMILES string of the molecule is CC(NC(=O)[C@@H]1CCCNC1)C1CCCO1. The number of hydrogen-bond donors (Lipinski definition) is 2. The van der Waals surface area contributed by atoms with E-state index in [9.17, 15) is 4.79 Å². The topological polar surface area (TPSA) is 50.4 Å². The van der Waals surface area contributed by atoms with Crippen LogP contribution >= 0.6 is 0 Å². The van der Waals surface area contributed by atoms with Crippen molar-refractivity contribution in [3.05, 3.63) is 0 Å². The number of hydrogen-bond acceptors (Lipinski definition) is 3. The van der Waals surface area contributed by atoms with Gasteiger partial charge >= 0.3 is 0 Å². The fourth-order valence-corrected chi connectivity index (χ4v) is 2.51. The summed E-state index contributed by atoms with van der Waals surface area (Å²) in [7, 11) is 0. The summed E-state index contributed by atoms with van der Waals surface area (Å²) in [5, 5.41) is 6.35. The van der Waals surface area contributed by atoms with E-state index in [4.69, 9.17) is 4.74 Å². The maximum atomic E-state index is 12.0. The van der Waals surface area contributed by atoms with Crippen LogP contribution in [0.1, 0.15) is 32.6 Å². The van der Waals surface area contributed by atoms with Crippen molar-refractivity contribution in [2.75, 3.05) is 19.7 Å². The van der Waals surface area contributed by atoms with E-state index >= 15 is 0 Å². The molecule has 2 aliphatic rings. The molecule has 2 aliphatic heterocycles. The second kappa shape index (κ2) is 5.64. The second-order valence-electron chi connectivity index (χ2n) is 4.89. The fraction of sp³-hybridized carbons (Fsp3) is 0.917. The zero-order valence-corrected chi connectivity index (χ0v) is 10.00. The molecule has 2 saturated heterocycles. The van der Waals surface area contributed by atoms with Crippen molar-refractivity contribution in [2.45, 2.75) is 44.8 Å². The molecule has 0 aromatic carbocycles. The highest BCUT2D eigenvalue weighted by molar-refractivity contribution is 5.79. The van der Waals surface area contributed by atoms with Crippen LogP contribution in [0.25, 0.3) is 0 Å². The zero-order chi connectivity index (χ0) is 11.4. The molecule has 0 aromatic heterocycles. The van der Waals surface area contributed by atoms with Crippen LogP contribution in [0.15, 0.2) is 0 Å². The van der Waals surface area contributed by atoms with Gasteiger partial charge < -0.3 is 15.4 Å². The van der Waals surface area contributed by atoms with E-state index in [0.29, 0.717) is 0 Å². The summed E-state index contributed by atoms with van der Waals surface area (Å²) >= 11 is 0. The molecule has 0 aliphatic carbocycles. The molecular formula is C12H22N2O2. The molecule has 0 saturated carbocycles. The molecule has 3 atom stereocenters.